The Morgan fingerprint density at radius 3 is 2.92 bits per heavy atom. The molecule has 0 aromatic rings. The lowest BCUT2D eigenvalue weighted by Gasteiger charge is -2.07. The molecule has 0 radical (unpaired) electrons. The van der Waals surface area contributed by atoms with Crippen molar-refractivity contribution in [1.82, 2.24) is 0 Å². The topological polar surface area (TPSA) is 38.7 Å². The van der Waals surface area contributed by atoms with E-state index in [0.29, 0.717) is 6.61 Å². The average Bonchev–Trinajstić information content (AvgIpc) is 2.60. The number of allylic oxidation sites excluding steroid dienone is 2. The van der Waals surface area contributed by atoms with Gasteiger partial charge in [-0.3, -0.25) is 0 Å². The summed E-state index contributed by atoms with van der Waals surface area (Å²) in [5.41, 5.74) is 0. The van der Waals surface area contributed by atoms with E-state index in [2.05, 4.69) is 19.1 Å². The van der Waals surface area contributed by atoms with E-state index in [9.17, 15) is 0 Å². The fraction of sp³-hybridized carbons (Fsp3) is 0.800. The summed E-state index contributed by atoms with van der Waals surface area (Å²) in [5, 5.41) is 8.77. The number of hydrogen-bond donors (Lipinski definition) is 1. The smallest absolute Gasteiger partial charge is 0.158 e. The van der Waals surface area contributed by atoms with E-state index in [1.165, 1.54) is 0 Å². The van der Waals surface area contributed by atoms with Crippen LogP contribution in [0.2, 0.25) is 0 Å². The van der Waals surface area contributed by atoms with Crippen molar-refractivity contribution in [3.8, 4) is 0 Å². The van der Waals surface area contributed by atoms with E-state index in [1.807, 2.05) is 0 Å². The summed E-state index contributed by atoms with van der Waals surface area (Å²) in [7, 11) is 0. The number of ether oxygens (including phenoxy) is 2. The van der Waals surface area contributed by atoms with Gasteiger partial charge in [-0.2, -0.15) is 0 Å². The predicted molar refractivity (Wildman–Crippen MR) is 50.4 cm³/mol. The predicted octanol–water partition coefficient (Wildman–Crippen LogP) is 1.47. The van der Waals surface area contributed by atoms with Crippen LogP contribution >= 0.6 is 0 Å². The quantitative estimate of drug-likeness (QED) is 0.661. The minimum absolute atomic E-state index is 0.0568. The maximum atomic E-state index is 8.77. The van der Waals surface area contributed by atoms with Gasteiger partial charge in [0, 0.05) is 6.42 Å². The molecule has 3 heteroatoms. The molecule has 1 saturated heterocycles. The highest BCUT2D eigenvalue weighted by Crippen LogP contribution is 2.15. The Bertz CT molecular complexity index is 156. The highest BCUT2D eigenvalue weighted by atomic mass is 16.7. The zero-order valence-corrected chi connectivity index (χ0v) is 8.11. The first-order chi connectivity index (χ1) is 6.36. The molecule has 0 amide bonds. The molecule has 1 N–H and O–H groups in total. The van der Waals surface area contributed by atoms with Crippen molar-refractivity contribution >= 4 is 0 Å². The van der Waals surface area contributed by atoms with Crippen LogP contribution in [-0.2, 0) is 9.47 Å². The molecule has 0 aromatic heterocycles. The van der Waals surface area contributed by atoms with Gasteiger partial charge >= 0.3 is 0 Å². The molecule has 1 fully saturated rings. The molecule has 0 saturated carbocycles. The van der Waals surface area contributed by atoms with Crippen LogP contribution in [-0.4, -0.2) is 30.7 Å². The zero-order valence-electron chi connectivity index (χ0n) is 8.11. The van der Waals surface area contributed by atoms with Crippen LogP contribution < -0.4 is 0 Å². The van der Waals surface area contributed by atoms with Crippen LogP contribution in [0, 0.1) is 0 Å². The lowest BCUT2D eigenvalue weighted by Crippen LogP contribution is -2.16. The van der Waals surface area contributed by atoms with Gasteiger partial charge < -0.3 is 14.6 Å². The normalized spacial score (nSPS) is 28.8. The van der Waals surface area contributed by atoms with Gasteiger partial charge in [0.25, 0.3) is 0 Å². The largest absolute Gasteiger partial charge is 0.394 e. The van der Waals surface area contributed by atoms with Gasteiger partial charge in [0.05, 0.1) is 13.2 Å². The fourth-order valence-corrected chi connectivity index (χ4v) is 1.27. The van der Waals surface area contributed by atoms with Crippen LogP contribution in [0.25, 0.3) is 0 Å². The van der Waals surface area contributed by atoms with Gasteiger partial charge in [-0.15, -0.1) is 0 Å². The molecule has 13 heavy (non-hydrogen) atoms. The highest BCUT2D eigenvalue weighted by molar-refractivity contribution is 4.80. The molecule has 0 aromatic carbocycles. The molecule has 0 spiro atoms. The Morgan fingerprint density at radius 1 is 1.46 bits per heavy atom. The highest BCUT2D eigenvalue weighted by Gasteiger charge is 2.24. The van der Waals surface area contributed by atoms with Crippen LogP contribution in [0.15, 0.2) is 12.2 Å². The summed E-state index contributed by atoms with van der Waals surface area (Å²) >= 11 is 0. The lowest BCUT2D eigenvalue weighted by atomic mass is 10.2. The average molecular weight is 186 g/mol. The minimum Gasteiger partial charge on any atom is -0.394 e. The molecule has 1 aliphatic rings. The SMILES string of the molecule is CCC=CCCC1OCC(CO)O1. The molecule has 1 aliphatic heterocycles. The molecule has 0 aliphatic carbocycles. The first-order valence-electron chi connectivity index (χ1n) is 4.89. The molecule has 0 bridgehead atoms. The van der Waals surface area contributed by atoms with Crippen molar-refractivity contribution in [1.29, 1.82) is 0 Å². The van der Waals surface area contributed by atoms with Gasteiger partial charge in [0.2, 0.25) is 0 Å². The van der Waals surface area contributed by atoms with Gasteiger partial charge in [0.1, 0.15) is 6.10 Å². The summed E-state index contributed by atoms with van der Waals surface area (Å²) in [6.45, 7) is 2.70. The summed E-state index contributed by atoms with van der Waals surface area (Å²) in [4.78, 5) is 0. The van der Waals surface area contributed by atoms with Crippen LogP contribution in [0.4, 0.5) is 0 Å². The van der Waals surface area contributed by atoms with Crippen molar-refractivity contribution in [2.45, 2.75) is 38.6 Å². The van der Waals surface area contributed by atoms with Gasteiger partial charge in [-0.05, 0) is 12.8 Å². The molecular weight excluding hydrogens is 168 g/mol. The number of aliphatic hydroxyl groups is 1. The third-order valence-corrected chi connectivity index (χ3v) is 1.99. The van der Waals surface area contributed by atoms with Crippen molar-refractivity contribution in [2.75, 3.05) is 13.2 Å². The van der Waals surface area contributed by atoms with E-state index in [4.69, 9.17) is 14.6 Å². The van der Waals surface area contributed by atoms with E-state index >= 15 is 0 Å². The Morgan fingerprint density at radius 2 is 2.31 bits per heavy atom. The van der Waals surface area contributed by atoms with Crippen molar-refractivity contribution in [3.05, 3.63) is 12.2 Å². The van der Waals surface area contributed by atoms with Crippen molar-refractivity contribution in [2.24, 2.45) is 0 Å². The number of rotatable bonds is 5. The summed E-state index contributed by atoms with van der Waals surface area (Å²) in [6.07, 6.45) is 6.99. The number of hydrogen-bond acceptors (Lipinski definition) is 3. The van der Waals surface area contributed by atoms with Crippen LogP contribution in [0.5, 0.6) is 0 Å². The monoisotopic (exact) mass is 186 g/mol. The second kappa shape index (κ2) is 6.13. The van der Waals surface area contributed by atoms with Gasteiger partial charge in [0.15, 0.2) is 6.29 Å². The van der Waals surface area contributed by atoms with E-state index in [-0.39, 0.29) is 19.0 Å². The first-order valence-corrected chi connectivity index (χ1v) is 4.89. The Labute approximate surface area is 79.3 Å². The molecule has 3 nitrogen and oxygen atoms in total. The third-order valence-electron chi connectivity index (χ3n) is 1.99. The second-order valence-corrected chi connectivity index (χ2v) is 3.16. The first kappa shape index (κ1) is 10.7. The summed E-state index contributed by atoms with van der Waals surface area (Å²) < 4.78 is 10.7. The molecule has 2 unspecified atom stereocenters. The lowest BCUT2D eigenvalue weighted by molar-refractivity contribution is -0.0682. The molecule has 1 heterocycles. The van der Waals surface area contributed by atoms with Crippen molar-refractivity contribution < 1.29 is 14.6 Å². The van der Waals surface area contributed by atoms with E-state index in [0.717, 1.165) is 19.3 Å². The summed E-state index contributed by atoms with van der Waals surface area (Å²) in [6, 6.07) is 0. The fourth-order valence-electron chi connectivity index (χ4n) is 1.27. The zero-order chi connectivity index (χ0) is 9.52. The summed E-state index contributed by atoms with van der Waals surface area (Å²) in [5.74, 6) is 0. The molecule has 1 rings (SSSR count). The standard InChI is InChI=1S/C10H18O3/c1-2-3-4-5-6-10-12-8-9(7-11)13-10/h3-4,9-11H,2,5-8H2,1H3. The number of aliphatic hydroxyl groups excluding tert-OH is 1. The maximum Gasteiger partial charge on any atom is 0.158 e. The van der Waals surface area contributed by atoms with Crippen LogP contribution in [0.3, 0.4) is 0 Å². The van der Waals surface area contributed by atoms with E-state index in [1.54, 1.807) is 0 Å². The molecule has 76 valence electrons. The third kappa shape index (κ3) is 3.89. The second-order valence-electron chi connectivity index (χ2n) is 3.16. The molecule has 2 atom stereocenters. The van der Waals surface area contributed by atoms with Gasteiger partial charge in [-0.1, -0.05) is 19.1 Å². The Balaban J connectivity index is 2.06. The van der Waals surface area contributed by atoms with E-state index < -0.39 is 0 Å². The maximum absolute atomic E-state index is 8.77. The molecular formula is C10H18O3. The Kier molecular flexibility index (Phi) is 5.05. The van der Waals surface area contributed by atoms with Crippen LogP contribution in [0.1, 0.15) is 26.2 Å². The van der Waals surface area contributed by atoms with Gasteiger partial charge in [-0.25, -0.2) is 0 Å². The minimum atomic E-state index is -0.112. The Hall–Kier alpha value is -0.380. The van der Waals surface area contributed by atoms with Crippen molar-refractivity contribution in [3.63, 3.8) is 0 Å².